The van der Waals surface area contributed by atoms with E-state index >= 15 is 0 Å². The van der Waals surface area contributed by atoms with E-state index in [0.717, 1.165) is 36.7 Å². The number of aromatic nitrogens is 2. The van der Waals surface area contributed by atoms with Crippen LogP contribution in [0.5, 0.6) is 5.88 Å². The molecule has 25 heavy (non-hydrogen) atoms. The van der Waals surface area contributed by atoms with Crippen LogP contribution in [-0.4, -0.2) is 35.9 Å². The van der Waals surface area contributed by atoms with Crippen LogP contribution in [0.15, 0.2) is 24.3 Å². The van der Waals surface area contributed by atoms with E-state index in [1.807, 2.05) is 26.1 Å². The number of amides is 1. The molecule has 1 unspecified atom stereocenters. The monoisotopic (exact) mass is 342 g/mol. The highest BCUT2D eigenvalue weighted by molar-refractivity contribution is 5.94. The maximum absolute atomic E-state index is 12.4. The van der Waals surface area contributed by atoms with Gasteiger partial charge < -0.3 is 15.4 Å². The van der Waals surface area contributed by atoms with Gasteiger partial charge >= 0.3 is 0 Å². The molecular weight excluding hydrogens is 316 g/mol. The molecule has 1 aliphatic rings. The molecule has 1 aliphatic heterocycles. The maximum atomic E-state index is 12.4. The molecule has 0 radical (unpaired) electrons. The lowest BCUT2D eigenvalue weighted by molar-refractivity contribution is -0.115. The van der Waals surface area contributed by atoms with Crippen LogP contribution >= 0.6 is 0 Å². The Morgan fingerprint density at radius 2 is 2.08 bits per heavy atom. The lowest BCUT2D eigenvalue weighted by Gasteiger charge is -2.09. The van der Waals surface area contributed by atoms with Crippen molar-refractivity contribution >= 4 is 11.6 Å². The first-order chi connectivity index (χ1) is 12.1. The maximum Gasteiger partial charge on any atom is 0.256 e. The third kappa shape index (κ3) is 4.20. The van der Waals surface area contributed by atoms with E-state index in [-0.39, 0.29) is 5.91 Å². The number of ether oxygens (including phenoxy) is 1. The molecule has 1 amide bonds. The van der Waals surface area contributed by atoms with Gasteiger partial charge in [-0.25, -0.2) is 0 Å². The molecule has 134 valence electrons. The first-order valence-corrected chi connectivity index (χ1v) is 8.72. The predicted octanol–water partition coefficient (Wildman–Crippen LogP) is 2.07. The van der Waals surface area contributed by atoms with E-state index in [0.29, 0.717) is 18.0 Å². The summed E-state index contributed by atoms with van der Waals surface area (Å²) in [5.74, 6) is 1.10. The number of nitrogens with one attached hydrogen (secondary N) is 2. The van der Waals surface area contributed by atoms with E-state index in [2.05, 4.69) is 27.9 Å². The molecule has 0 saturated carbocycles. The number of hydrogen-bond acceptors (Lipinski definition) is 4. The molecule has 2 aromatic rings. The van der Waals surface area contributed by atoms with Crippen molar-refractivity contribution in [1.82, 2.24) is 15.1 Å². The molecule has 1 atom stereocenters. The lowest BCUT2D eigenvalue weighted by Crippen LogP contribution is -2.15. The Balaban J connectivity index is 1.59. The number of nitrogens with zero attached hydrogens (tertiary/aromatic N) is 2. The van der Waals surface area contributed by atoms with Crippen LogP contribution in [0.25, 0.3) is 0 Å². The number of methoxy groups -OCH3 is 1. The number of carbonyl (C=O) groups excluding carboxylic acids is 1. The van der Waals surface area contributed by atoms with Gasteiger partial charge in [-0.15, -0.1) is 5.10 Å². The zero-order chi connectivity index (χ0) is 17.8. The zero-order valence-electron chi connectivity index (χ0n) is 15.1. The second-order valence-electron chi connectivity index (χ2n) is 6.70. The van der Waals surface area contributed by atoms with Crippen molar-refractivity contribution in [2.75, 3.05) is 25.5 Å². The van der Waals surface area contributed by atoms with Crippen molar-refractivity contribution in [1.29, 1.82) is 0 Å². The van der Waals surface area contributed by atoms with Gasteiger partial charge in [0.2, 0.25) is 5.91 Å². The molecule has 1 fully saturated rings. The molecule has 0 aliphatic carbocycles. The van der Waals surface area contributed by atoms with Gasteiger partial charge in [0, 0.05) is 7.05 Å². The van der Waals surface area contributed by atoms with E-state index in [4.69, 9.17) is 4.74 Å². The summed E-state index contributed by atoms with van der Waals surface area (Å²) in [6.07, 6.45) is 2.69. The Morgan fingerprint density at radius 1 is 1.36 bits per heavy atom. The molecule has 1 aromatic carbocycles. The van der Waals surface area contributed by atoms with E-state index in [9.17, 15) is 4.79 Å². The summed E-state index contributed by atoms with van der Waals surface area (Å²) in [4.78, 5) is 12.4. The third-order valence-electron chi connectivity index (χ3n) is 4.83. The van der Waals surface area contributed by atoms with Crippen LogP contribution in [0.1, 0.15) is 23.2 Å². The summed E-state index contributed by atoms with van der Waals surface area (Å²) in [5, 5.41) is 10.5. The number of aryl methyl sites for hydroxylation is 1. The van der Waals surface area contributed by atoms with Crippen molar-refractivity contribution in [2.45, 2.75) is 26.2 Å². The minimum Gasteiger partial charge on any atom is -0.478 e. The van der Waals surface area contributed by atoms with Crippen molar-refractivity contribution in [3.63, 3.8) is 0 Å². The van der Waals surface area contributed by atoms with Gasteiger partial charge in [-0.1, -0.05) is 24.3 Å². The molecule has 2 heterocycles. The van der Waals surface area contributed by atoms with E-state index < -0.39 is 0 Å². The molecular formula is C19H26N4O2. The summed E-state index contributed by atoms with van der Waals surface area (Å²) in [7, 11) is 3.38. The van der Waals surface area contributed by atoms with Gasteiger partial charge in [-0.3, -0.25) is 9.48 Å². The zero-order valence-corrected chi connectivity index (χ0v) is 15.1. The van der Waals surface area contributed by atoms with E-state index in [1.165, 1.54) is 12.0 Å². The summed E-state index contributed by atoms with van der Waals surface area (Å²) < 4.78 is 6.92. The molecule has 1 aromatic heterocycles. The largest absolute Gasteiger partial charge is 0.478 e. The van der Waals surface area contributed by atoms with E-state index in [1.54, 1.807) is 11.8 Å². The first kappa shape index (κ1) is 17.5. The highest BCUT2D eigenvalue weighted by atomic mass is 16.5. The highest BCUT2D eigenvalue weighted by Crippen LogP contribution is 2.26. The van der Waals surface area contributed by atoms with Crippen LogP contribution in [-0.2, 0) is 24.7 Å². The summed E-state index contributed by atoms with van der Waals surface area (Å²) in [5.41, 5.74) is 3.85. The molecule has 3 rings (SSSR count). The molecule has 6 heteroatoms. The van der Waals surface area contributed by atoms with Crippen LogP contribution in [0, 0.1) is 12.8 Å². The van der Waals surface area contributed by atoms with Crippen molar-refractivity contribution < 1.29 is 9.53 Å². The molecule has 6 nitrogen and oxygen atoms in total. The van der Waals surface area contributed by atoms with Gasteiger partial charge in [0.05, 0.1) is 19.2 Å². The van der Waals surface area contributed by atoms with Crippen molar-refractivity contribution in [3.05, 3.63) is 41.1 Å². The molecule has 2 N–H and O–H groups in total. The fourth-order valence-corrected chi connectivity index (χ4v) is 3.25. The second-order valence-corrected chi connectivity index (χ2v) is 6.70. The minimum atomic E-state index is -0.0675. The fraction of sp³-hybridized carbons (Fsp3) is 0.474. The Hall–Kier alpha value is -2.34. The number of anilines is 1. The van der Waals surface area contributed by atoms with Gasteiger partial charge in [0.25, 0.3) is 5.88 Å². The number of carbonyl (C=O) groups is 1. The smallest absolute Gasteiger partial charge is 0.256 e. The minimum absolute atomic E-state index is 0.0675. The molecule has 0 spiro atoms. The SMILES string of the molecule is COc1nn(C)c(C)c1NC(=O)Cc1ccc(CC2CCNC2)cc1. The third-order valence-corrected chi connectivity index (χ3v) is 4.83. The van der Waals surface area contributed by atoms with Crippen LogP contribution in [0.2, 0.25) is 0 Å². The highest BCUT2D eigenvalue weighted by Gasteiger charge is 2.17. The number of benzene rings is 1. The first-order valence-electron chi connectivity index (χ1n) is 8.72. The average Bonchev–Trinajstić information content (AvgIpc) is 3.20. The number of rotatable bonds is 6. The molecule has 1 saturated heterocycles. The summed E-state index contributed by atoms with van der Waals surface area (Å²) in [6.45, 7) is 4.13. The van der Waals surface area contributed by atoms with Crippen LogP contribution in [0.3, 0.4) is 0 Å². The fourth-order valence-electron chi connectivity index (χ4n) is 3.25. The van der Waals surface area contributed by atoms with Crippen LogP contribution < -0.4 is 15.4 Å². The Morgan fingerprint density at radius 3 is 2.72 bits per heavy atom. The van der Waals surface area contributed by atoms with Gasteiger partial charge in [0.1, 0.15) is 5.69 Å². The van der Waals surface area contributed by atoms with Crippen molar-refractivity contribution in [3.8, 4) is 5.88 Å². The number of hydrogen-bond donors (Lipinski definition) is 2. The van der Waals surface area contributed by atoms with Gasteiger partial charge in [0.15, 0.2) is 0 Å². The van der Waals surface area contributed by atoms with Crippen molar-refractivity contribution in [2.24, 2.45) is 13.0 Å². The Kier molecular flexibility index (Phi) is 5.38. The summed E-state index contributed by atoms with van der Waals surface area (Å²) in [6, 6.07) is 8.36. The standard InChI is InChI=1S/C19H26N4O2/c1-13-18(19(25-3)22-23(13)2)21-17(24)11-15-6-4-14(5-7-15)10-16-8-9-20-12-16/h4-7,16,20H,8-12H2,1-3H3,(H,21,24). The van der Waals surface area contributed by atoms with Gasteiger partial charge in [-0.05, 0) is 49.9 Å². The Bertz CT molecular complexity index is 731. The Labute approximate surface area is 148 Å². The quantitative estimate of drug-likeness (QED) is 0.843. The average molecular weight is 342 g/mol. The van der Waals surface area contributed by atoms with Crippen LogP contribution in [0.4, 0.5) is 5.69 Å². The second kappa shape index (κ2) is 7.70. The summed E-state index contributed by atoms with van der Waals surface area (Å²) >= 11 is 0. The topological polar surface area (TPSA) is 68.2 Å². The lowest BCUT2D eigenvalue weighted by atomic mass is 9.97. The van der Waals surface area contributed by atoms with Gasteiger partial charge in [-0.2, -0.15) is 0 Å². The molecule has 0 bridgehead atoms. The predicted molar refractivity (Wildman–Crippen MR) is 98.0 cm³/mol. The normalized spacial score (nSPS) is 16.8.